The molecule has 0 amide bonds. The Labute approximate surface area is 318 Å². The number of aromatic nitrogens is 3. The second-order valence-corrected chi connectivity index (χ2v) is 18.5. The third-order valence-corrected chi connectivity index (χ3v) is 14.9. The zero-order chi connectivity index (χ0) is 36.0. The van der Waals surface area contributed by atoms with Gasteiger partial charge in [0.05, 0.1) is 23.3 Å². The zero-order valence-corrected chi connectivity index (χ0v) is 30.8. The van der Waals surface area contributed by atoms with Crippen molar-refractivity contribution in [2.24, 2.45) is 35.5 Å². The molecule has 0 atom stereocenters. The summed E-state index contributed by atoms with van der Waals surface area (Å²) in [4.78, 5) is 15.4. The van der Waals surface area contributed by atoms with Gasteiger partial charge in [0, 0.05) is 16.7 Å². The average molecular weight is 704 g/mol. The molecule has 8 saturated carbocycles. The first kappa shape index (κ1) is 32.3. The number of nitriles is 2. The van der Waals surface area contributed by atoms with Crippen molar-refractivity contribution in [1.29, 1.82) is 10.5 Å². The highest BCUT2D eigenvalue weighted by molar-refractivity contribution is 5.75. The Balaban J connectivity index is 0.989. The quantitative estimate of drug-likeness (QED) is 0.176. The fourth-order valence-corrected chi connectivity index (χ4v) is 13.4. The van der Waals surface area contributed by atoms with E-state index in [4.69, 9.17) is 15.0 Å². The highest BCUT2D eigenvalue weighted by Gasteiger charge is 2.52. The third-order valence-electron chi connectivity index (χ3n) is 14.9. The van der Waals surface area contributed by atoms with Crippen LogP contribution < -0.4 is 0 Å². The largest absolute Gasteiger partial charge is 0.208 e. The fraction of sp³-hybridized carbons (Fsp3) is 0.408. The molecule has 0 saturated heterocycles. The normalized spacial score (nSPS) is 31.3. The monoisotopic (exact) mass is 703 g/mol. The number of benzene rings is 4. The van der Waals surface area contributed by atoms with Gasteiger partial charge in [0.15, 0.2) is 17.5 Å². The van der Waals surface area contributed by atoms with E-state index in [1.807, 2.05) is 36.4 Å². The van der Waals surface area contributed by atoms with Gasteiger partial charge in [-0.2, -0.15) is 10.5 Å². The maximum absolute atomic E-state index is 10.1. The minimum Gasteiger partial charge on any atom is -0.208 e. The Morgan fingerprint density at radius 3 is 1.13 bits per heavy atom. The van der Waals surface area contributed by atoms with Crippen molar-refractivity contribution in [2.45, 2.75) is 87.9 Å². The van der Waals surface area contributed by atoms with Crippen LogP contribution in [0.5, 0.6) is 0 Å². The molecule has 5 nitrogen and oxygen atoms in total. The molecule has 13 rings (SSSR count). The van der Waals surface area contributed by atoms with E-state index in [1.54, 1.807) is 0 Å². The van der Waals surface area contributed by atoms with Crippen molar-refractivity contribution in [3.8, 4) is 57.4 Å². The molecule has 8 bridgehead atoms. The van der Waals surface area contributed by atoms with Crippen LogP contribution in [0.15, 0.2) is 91.0 Å². The van der Waals surface area contributed by atoms with Gasteiger partial charge in [-0.25, -0.2) is 15.0 Å². The molecule has 266 valence electrons. The van der Waals surface area contributed by atoms with E-state index < -0.39 is 0 Å². The van der Waals surface area contributed by atoms with Gasteiger partial charge < -0.3 is 0 Å². The van der Waals surface area contributed by atoms with Crippen molar-refractivity contribution < 1.29 is 0 Å². The molecule has 0 unspecified atom stereocenters. The summed E-state index contributed by atoms with van der Waals surface area (Å²) >= 11 is 0. The Kier molecular flexibility index (Phi) is 7.30. The maximum atomic E-state index is 10.1. The van der Waals surface area contributed by atoms with Crippen molar-refractivity contribution in [3.05, 3.63) is 113 Å². The summed E-state index contributed by atoms with van der Waals surface area (Å²) in [6.07, 6.45) is 16.7. The van der Waals surface area contributed by atoms with Crippen LogP contribution in [0.25, 0.3) is 45.3 Å². The lowest BCUT2D eigenvalue weighted by Crippen LogP contribution is -2.48. The summed E-state index contributed by atoms with van der Waals surface area (Å²) in [7, 11) is 0. The van der Waals surface area contributed by atoms with E-state index in [1.165, 1.54) is 88.2 Å². The van der Waals surface area contributed by atoms with Gasteiger partial charge in [0.25, 0.3) is 0 Å². The molecule has 5 heteroatoms. The molecular formula is C49H45N5. The average Bonchev–Trinajstić information content (AvgIpc) is 3.19. The van der Waals surface area contributed by atoms with E-state index >= 15 is 0 Å². The molecule has 4 aromatic carbocycles. The van der Waals surface area contributed by atoms with Crippen molar-refractivity contribution >= 4 is 0 Å². The van der Waals surface area contributed by atoms with Gasteiger partial charge in [0.2, 0.25) is 0 Å². The molecule has 8 aliphatic carbocycles. The van der Waals surface area contributed by atoms with Crippen LogP contribution in [0.3, 0.4) is 0 Å². The first-order valence-corrected chi connectivity index (χ1v) is 20.5. The van der Waals surface area contributed by atoms with Crippen molar-refractivity contribution in [3.63, 3.8) is 0 Å². The number of rotatable bonds is 6. The predicted molar refractivity (Wildman–Crippen MR) is 211 cm³/mol. The highest BCUT2D eigenvalue weighted by Crippen LogP contribution is 2.62. The van der Waals surface area contributed by atoms with E-state index in [9.17, 15) is 10.5 Å². The van der Waals surface area contributed by atoms with Crippen LogP contribution in [0.4, 0.5) is 0 Å². The first-order valence-electron chi connectivity index (χ1n) is 20.5. The Morgan fingerprint density at radius 2 is 0.741 bits per heavy atom. The number of hydrogen-bond donors (Lipinski definition) is 0. The Bertz CT molecular complexity index is 2180. The van der Waals surface area contributed by atoms with Gasteiger partial charge in [-0.15, -0.1) is 0 Å². The molecule has 1 aromatic heterocycles. The molecular weight excluding hydrogens is 659 g/mol. The van der Waals surface area contributed by atoms with Crippen LogP contribution in [0, 0.1) is 58.2 Å². The third kappa shape index (κ3) is 5.42. The van der Waals surface area contributed by atoms with E-state index in [0.29, 0.717) is 39.4 Å². The van der Waals surface area contributed by atoms with Gasteiger partial charge in [-0.1, -0.05) is 60.7 Å². The van der Waals surface area contributed by atoms with Gasteiger partial charge in [0.1, 0.15) is 0 Å². The lowest BCUT2D eigenvalue weighted by atomic mass is 9.48. The van der Waals surface area contributed by atoms with Crippen LogP contribution in [0.2, 0.25) is 0 Å². The summed E-state index contributed by atoms with van der Waals surface area (Å²) in [5, 5.41) is 19.5. The summed E-state index contributed by atoms with van der Waals surface area (Å²) in [6.45, 7) is 0. The van der Waals surface area contributed by atoms with Crippen LogP contribution in [-0.4, -0.2) is 15.0 Å². The van der Waals surface area contributed by atoms with Crippen LogP contribution in [-0.2, 0) is 10.8 Å². The number of hydrogen-bond acceptors (Lipinski definition) is 5. The molecule has 0 N–H and O–H groups in total. The minimum absolute atomic E-state index is 0.334. The lowest BCUT2D eigenvalue weighted by molar-refractivity contribution is -0.00530. The SMILES string of the molecule is N#Cc1ccc(-c2cc(C#N)cc(-c3nc(-c4ccc(C56C[C@H]7C[C@@H](C5)C[C@@H](C6)C7)cc4)nc(-c4ccc(C56C[C@H]7C[C@H](C5)C[C@@H](C6)C7)cc4)n3)c2)cc1. The lowest BCUT2D eigenvalue weighted by Gasteiger charge is -2.57. The molecule has 0 spiro atoms. The molecule has 8 fully saturated rings. The Morgan fingerprint density at radius 1 is 0.389 bits per heavy atom. The van der Waals surface area contributed by atoms with Crippen LogP contribution in [0.1, 0.15) is 99.3 Å². The smallest absolute Gasteiger partial charge is 0.164 e. The van der Waals surface area contributed by atoms with Gasteiger partial charge in [-0.3, -0.25) is 0 Å². The summed E-state index contributed by atoms with van der Waals surface area (Å²) in [6, 6.07) is 36.3. The summed E-state index contributed by atoms with van der Waals surface area (Å²) in [5.74, 6) is 7.26. The standard InChI is InChI=1S/C49H45N5/c50-28-30-1-3-38(4-2-30)41-19-37(29-51)20-42(21-41)47-53-45(39-5-9-43(10-6-39)48-22-31-13-32(23-48)15-33(14-31)24-48)52-46(54-47)40-7-11-44(12-8-40)49-25-34-16-35(26-49)18-36(17-34)27-49/h1-12,19-21,31-36H,13-18,22-27H2/t31-,32-,33-,34-,35+,36-,48?,49?. The number of nitrogens with zero attached hydrogens (tertiary/aromatic N) is 5. The van der Waals surface area contributed by atoms with Crippen molar-refractivity contribution in [1.82, 2.24) is 15.0 Å². The maximum Gasteiger partial charge on any atom is 0.164 e. The van der Waals surface area contributed by atoms with E-state index in [2.05, 4.69) is 66.7 Å². The molecule has 0 radical (unpaired) electrons. The molecule has 0 aliphatic heterocycles. The van der Waals surface area contributed by atoms with Gasteiger partial charge >= 0.3 is 0 Å². The van der Waals surface area contributed by atoms with Crippen molar-refractivity contribution in [2.75, 3.05) is 0 Å². The minimum atomic E-state index is 0.334. The predicted octanol–water partition coefficient (Wildman–Crippen LogP) is 11.2. The topological polar surface area (TPSA) is 86.2 Å². The molecule has 1 heterocycles. The second-order valence-electron chi connectivity index (χ2n) is 18.5. The van der Waals surface area contributed by atoms with E-state index in [-0.39, 0.29) is 0 Å². The highest BCUT2D eigenvalue weighted by atomic mass is 15.0. The summed E-state index contributed by atoms with van der Waals surface area (Å²) in [5.41, 5.74) is 9.36. The zero-order valence-electron chi connectivity index (χ0n) is 30.8. The summed E-state index contributed by atoms with van der Waals surface area (Å²) < 4.78 is 0. The Hall–Kier alpha value is -5.13. The second kappa shape index (κ2) is 12.2. The first-order chi connectivity index (χ1) is 26.4. The van der Waals surface area contributed by atoms with Gasteiger partial charge in [-0.05, 0) is 176 Å². The molecule has 5 aromatic rings. The fourth-order valence-electron chi connectivity index (χ4n) is 13.4. The molecule has 8 aliphatic rings. The van der Waals surface area contributed by atoms with E-state index in [0.717, 1.165) is 63.3 Å². The molecule has 54 heavy (non-hydrogen) atoms. The van der Waals surface area contributed by atoms with Crippen LogP contribution >= 0.6 is 0 Å².